The lowest BCUT2D eigenvalue weighted by atomic mass is 10.1. The van der Waals surface area contributed by atoms with Crippen LogP contribution in [0.3, 0.4) is 0 Å². The predicted molar refractivity (Wildman–Crippen MR) is 65.9 cm³/mol. The average molecular weight is 216 g/mol. The van der Waals surface area contributed by atoms with E-state index in [1.807, 2.05) is 0 Å². The maximum atomic E-state index is 2.61. The SMILES string of the molecule is c1ccc(C2CCCN2N2CCCC2)cc1. The van der Waals surface area contributed by atoms with Gasteiger partial charge in [-0.25, -0.2) is 10.0 Å². The van der Waals surface area contributed by atoms with Gasteiger partial charge in [-0.3, -0.25) is 0 Å². The first-order chi connectivity index (χ1) is 7.95. The van der Waals surface area contributed by atoms with Crippen molar-refractivity contribution in [2.24, 2.45) is 0 Å². The maximum absolute atomic E-state index is 2.61. The molecule has 1 unspecified atom stereocenters. The van der Waals surface area contributed by atoms with Gasteiger partial charge in [-0.1, -0.05) is 30.3 Å². The van der Waals surface area contributed by atoms with E-state index in [0.717, 1.165) is 0 Å². The van der Waals surface area contributed by atoms with Gasteiger partial charge in [0.2, 0.25) is 0 Å². The molecule has 2 nitrogen and oxygen atoms in total. The van der Waals surface area contributed by atoms with Gasteiger partial charge >= 0.3 is 0 Å². The third-order valence-electron chi connectivity index (χ3n) is 3.85. The fraction of sp³-hybridized carbons (Fsp3) is 0.571. The molecular formula is C14H20N2. The summed E-state index contributed by atoms with van der Waals surface area (Å²) in [5, 5.41) is 5.19. The van der Waals surface area contributed by atoms with Crippen LogP contribution in [0, 0.1) is 0 Å². The predicted octanol–water partition coefficient (Wildman–Crippen LogP) is 2.83. The summed E-state index contributed by atoms with van der Waals surface area (Å²) in [6, 6.07) is 11.6. The number of nitrogens with zero attached hydrogens (tertiary/aromatic N) is 2. The monoisotopic (exact) mass is 216 g/mol. The molecule has 1 aromatic rings. The van der Waals surface area contributed by atoms with Crippen LogP contribution in [0.15, 0.2) is 30.3 Å². The number of hydrogen-bond acceptors (Lipinski definition) is 2. The zero-order valence-electron chi connectivity index (χ0n) is 9.81. The van der Waals surface area contributed by atoms with Crippen molar-refractivity contribution < 1.29 is 0 Å². The van der Waals surface area contributed by atoms with Crippen molar-refractivity contribution in [1.82, 2.24) is 10.0 Å². The summed E-state index contributed by atoms with van der Waals surface area (Å²) >= 11 is 0. The third kappa shape index (κ3) is 1.87. The van der Waals surface area contributed by atoms with Gasteiger partial charge in [0.25, 0.3) is 0 Å². The molecule has 1 atom stereocenters. The highest BCUT2D eigenvalue weighted by Gasteiger charge is 2.31. The lowest BCUT2D eigenvalue weighted by molar-refractivity contribution is -0.0164. The van der Waals surface area contributed by atoms with E-state index in [1.165, 1.54) is 50.9 Å². The Kier molecular flexibility index (Phi) is 2.94. The molecule has 2 saturated heterocycles. The molecule has 0 aromatic heterocycles. The van der Waals surface area contributed by atoms with E-state index in [2.05, 4.69) is 40.3 Å². The van der Waals surface area contributed by atoms with E-state index in [4.69, 9.17) is 0 Å². The molecule has 16 heavy (non-hydrogen) atoms. The molecule has 2 aliphatic heterocycles. The van der Waals surface area contributed by atoms with Crippen LogP contribution in [0.2, 0.25) is 0 Å². The molecule has 0 saturated carbocycles. The van der Waals surface area contributed by atoms with E-state index >= 15 is 0 Å². The molecule has 2 aliphatic rings. The average Bonchev–Trinajstić information content (AvgIpc) is 3.01. The lowest BCUT2D eigenvalue weighted by Gasteiger charge is -2.33. The molecule has 0 aliphatic carbocycles. The summed E-state index contributed by atoms with van der Waals surface area (Å²) in [6.07, 6.45) is 5.41. The smallest absolute Gasteiger partial charge is 0.0495 e. The Labute approximate surface area is 97.8 Å². The standard InChI is InChI=1S/C14H20N2/c1-2-7-13(8-3-1)14-9-6-12-16(14)15-10-4-5-11-15/h1-3,7-8,14H,4-6,9-12H2. The first kappa shape index (κ1) is 10.3. The van der Waals surface area contributed by atoms with Crippen LogP contribution in [0.5, 0.6) is 0 Å². The van der Waals surface area contributed by atoms with Gasteiger partial charge in [0.15, 0.2) is 0 Å². The van der Waals surface area contributed by atoms with Crippen molar-refractivity contribution in [2.45, 2.75) is 31.7 Å². The van der Waals surface area contributed by atoms with Crippen LogP contribution < -0.4 is 0 Å². The number of benzene rings is 1. The number of rotatable bonds is 2. The molecule has 0 radical (unpaired) electrons. The molecule has 86 valence electrons. The molecule has 2 heteroatoms. The fourth-order valence-electron chi connectivity index (χ4n) is 3.06. The Bertz CT molecular complexity index is 330. The summed E-state index contributed by atoms with van der Waals surface area (Å²) in [5.74, 6) is 0. The normalized spacial score (nSPS) is 27.6. The third-order valence-corrected chi connectivity index (χ3v) is 3.85. The van der Waals surface area contributed by atoms with Crippen molar-refractivity contribution in [2.75, 3.05) is 19.6 Å². The Balaban J connectivity index is 1.78. The fourth-order valence-corrected chi connectivity index (χ4v) is 3.06. The summed E-state index contributed by atoms with van der Waals surface area (Å²) in [5.41, 5.74) is 1.49. The van der Waals surface area contributed by atoms with E-state index in [9.17, 15) is 0 Å². The number of hydrogen-bond donors (Lipinski definition) is 0. The Morgan fingerprint density at radius 1 is 0.875 bits per heavy atom. The van der Waals surface area contributed by atoms with E-state index in [1.54, 1.807) is 0 Å². The quantitative estimate of drug-likeness (QED) is 0.750. The van der Waals surface area contributed by atoms with E-state index < -0.39 is 0 Å². The molecule has 0 amide bonds. The minimum absolute atomic E-state index is 0.638. The molecular weight excluding hydrogens is 196 g/mol. The highest BCUT2D eigenvalue weighted by Crippen LogP contribution is 2.34. The molecule has 0 bridgehead atoms. The van der Waals surface area contributed by atoms with E-state index in [-0.39, 0.29) is 0 Å². The molecule has 3 rings (SSSR count). The molecule has 0 spiro atoms. The second-order valence-corrected chi connectivity index (χ2v) is 4.89. The lowest BCUT2D eigenvalue weighted by Crippen LogP contribution is -2.40. The van der Waals surface area contributed by atoms with Gasteiger partial charge in [-0.2, -0.15) is 0 Å². The summed E-state index contributed by atoms with van der Waals surface area (Å²) in [4.78, 5) is 0. The highest BCUT2D eigenvalue weighted by molar-refractivity contribution is 5.19. The minimum Gasteiger partial charge on any atom is -0.241 e. The van der Waals surface area contributed by atoms with Gasteiger partial charge in [0.1, 0.15) is 0 Å². The van der Waals surface area contributed by atoms with Crippen molar-refractivity contribution in [3.63, 3.8) is 0 Å². The largest absolute Gasteiger partial charge is 0.241 e. The van der Waals surface area contributed by atoms with Crippen LogP contribution in [0.1, 0.15) is 37.3 Å². The van der Waals surface area contributed by atoms with Crippen LogP contribution in [-0.2, 0) is 0 Å². The topological polar surface area (TPSA) is 6.48 Å². The number of hydrazine groups is 1. The summed E-state index contributed by atoms with van der Waals surface area (Å²) < 4.78 is 0. The van der Waals surface area contributed by atoms with Crippen molar-refractivity contribution in [1.29, 1.82) is 0 Å². The molecule has 1 aromatic carbocycles. The zero-order chi connectivity index (χ0) is 10.8. The molecule has 2 fully saturated rings. The second-order valence-electron chi connectivity index (χ2n) is 4.89. The van der Waals surface area contributed by atoms with Crippen LogP contribution in [0.4, 0.5) is 0 Å². The van der Waals surface area contributed by atoms with Gasteiger partial charge < -0.3 is 0 Å². The molecule has 0 N–H and O–H groups in total. The Hall–Kier alpha value is -0.860. The van der Waals surface area contributed by atoms with E-state index in [0.29, 0.717) is 6.04 Å². The Morgan fingerprint density at radius 2 is 1.62 bits per heavy atom. The first-order valence-corrected chi connectivity index (χ1v) is 6.51. The van der Waals surface area contributed by atoms with Crippen LogP contribution >= 0.6 is 0 Å². The van der Waals surface area contributed by atoms with Crippen molar-refractivity contribution in [3.05, 3.63) is 35.9 Å². The summed E-state index contributed by atoms with van der Waals surface area (Å²) in [6.45, 7) is 3.78. The zero-order valence-corrected chi connectivity index (χ0v) is 9.81. The van der Waals surface area contributed by atoms with Gasteiger partial charge in [-0.05, 0) is 31.2 Å². The second kappa shape index (κ2) is 4.56. The summed E-state index contributed by atoms with van der Waals surface area (Å²) in [7, 11) is 0. The van der Waals surface area contributed by atoms with Crippen molar-refractivity contribution >= 4 is 0 Å². The molecule has 2 heterocycles. The van der Waals surface area contributed by atoms with Gasteiger partial charge in [0, 0.05) is 25.7 Å². The first-order valence-electron chi connectivity index (χ1n) is 6.51. The van der Waals surface area contributed by atoms with Crippen LogP contribution in [0.25, 0.3) is 0 Å². The Morgan fingerprint density at radius 3 is 2.38 bits per heavy atom. The highest BCUT2D eigenvalue weighted by atomic mass is 15.6. The maximum Gasteiger partial charge on any atom is 0.0495 e. The minimum atomic E-state index is 0.638. The van der Waals surface area contributed by atoms with Crippen molar-refractivity contribution in [3.8, 4) is 0 Å². The van der Waals surface area contributed by atoms with Gasteiger partial charge in [0.05, 0.1) is 0 Å². The van der Waals surface area contributed by atoms with Crippen LogP contribution in [-0.4, -0.2) is 29.7 Å². The van der Waals surface area contributed by atoms with Gasteiger partial charge in [-0.15, -0.1) is 0 Å².